The predicted molar refractivity (Wildman–Crippen MR) is 123 cm³/mol. The van der Waals surface area contributed by atoms with Gasteiger partial charge >= 0.3 is 0 Å². The minimum Gasteiger partial charge on any atom is -0.336 e. The molecule has 160 valence electrons. The summed E-state index contributed by atoms with van der Waals surface area (Å²) in [5.41, 5.74) is 1.26. The summed E-state index contributed by atoms with van der Waals surface area (Å²) in [6.45, 7) is -0.0548. The summed E-state index contributed by atoms with van der Waals surface area (Å²) in [6.07, 6.45) is 2.44. The van der Waals surface area contributed by atoms with Gasteiger partial charge in [-0.25, -0.2) is 4.98 Å². The van der Waals surface area contributed by atoms with Crippen molar-refractivity contribution in [2.75, 3.05) is 18.9 Å². The van der Waals surface area contributed by atoms with E-state index in [1.807, 2.05) is 36.4 Å². The molecule has 31 heavy (non-hydrogen) atoms. The maximum absolute atomic E-state index is 12.9. The fraction of sp³-hybridized carbons (Fsp3) is 0.304. The zero-order chi connectivity index (χ0) is 22.0. The Balaban J connectivity index is 1.42. The number of aromatic nitrogens is 2. The van der Waals surface area contributed by atoms with Crippen LogP contribution in [0.15, 0.2) is 57.8 Å². The number of aryl methyl sites for hydroxylation is 1. The molecule has 0 aliphatic heterocycles. The van der Waals surface area contributed by atoms with Crippen molar-refractivity contribution < 1.29 is 9.59 Å². The number of likely N-dealkylation sites (N-methyl/N-ethyl adjacent to an activating group) is 1. The van der Waals surface area contributed by atoms with Crippen LogP contribution in [0, 0.1) is 0 Å². The smallest absolute Gasteiger partial charge is 0.261 e. The fourth-order valence-electron chi connectivity index (χ4n) is 3.54. The molecule has 2 aromatic carbocycles. The third kappa shape index (κ3) is 4.85. The number of hydrogen-bond acceptors (Lipinski definition) is 4. The van der Waals surface area contributed by atoms with Crippen molar-refractivity contribution in [3.63, 3.8) is 0 Å². The van der Waals surface area contributed by atoms with Crippen LogP contribution in [0.2, 0.25) is 0 Å². The maximum Gasteiger partial charge on any atom is 0.261 e. The van der Waals surface area contributed by atoms with E-state index in [2.05, 4.69) is 26.2 Å². The van der Waals surface area contributed by atoms with Gasteiger partial charge in [-0.2, -0.15) is 0 Å². The minimum absolute atomic E-state index is 0.0447. The number of rotatable bonds is 7. The summed E-state index contributed by atoms with van der Waals surface area (Å²) in [6, 6.07) is 14.8. The number of hydrogen-bond donors (Lipinski definition) is 1. The van der Waals surface area contributed by atoms with Crippen molar-refractivity contribution in [3.8, 4) is 0 Å². The Bertz CT molecular complexity index is 1200. The van der Waals surface area contributed by atoms with Crippen LogP contribution < -0.4 is 10.9 Å². The highest BCUT2D eigenvalue weighted by molar-refractivity contribution is 9.10. The average molecular weight is 483 g/mol. The van der Waals surface area contributed by atoms with Crippen molar-refractivity contribution in [2.45, 2.75) is 31.7 Å². The Kier molecular flexibility index (Phi) is 6.18. The van der Waals surface area contributed by atoms with E-state index in [0.717, 1.165) is 17.3 Å². The number of halogens is 1. The van der Waals surface area contributed by atoms with Crippen molar-refractivity contribution in [1.29, 1.82) is 0 Å². The summed E-state index contributed by atoms with van der Waals surface area (Å²) >= 11 is 3.39. The first-order valence-electron chi connectivity index (χ1n) is 10.2. The standard InChI is InChI=1S/C23H23BrN4O3/c1-27(14-21(29)26-19-9-5-3-7-17(19)24)22(30)13-12-20-25-18-8-4-2-6-16(18)23(31)28(20)15-10-11-15/h2-9,15H,10-14H2,1H3,(H,26,29). The molecule has 0 spiro atoms. The van der Waals surface area contributed by atoms with E-state index in [1.165, 1.54) is 4.90 Å². The molecule has 7 nitrogen and oxygen atoms in total. The summed E-state index contributed by atoms with van der Waals surface area (Å²) in [7, 11) is 1.60. The first-order valence-corrected chi connectivity index (χ1v) is 11.0. The molecule has 4 rings (SSSR count). The lowest BCUT2D eigenvalue weighted by Crippen LogP contribution is -2.35. The molecule has 2 amide bonds. The topological polar surface area (TPSA) is 84.3 Å². The highest BCUT2D eigenvalue weighted by atomic mass is 79.9. The lowest BCUT2D eigenvalue weighted by Gasteiger charge is -2.18. The van der Waals surface area contributed by atoms with E-state index in [0.29, 0.717) is 28.8 Å². The zero-order valence-corrected chi connectivity index (χ0v) is 18.8. The maximum atomic E-state index is 12.9. The molecule has 1 aliphatic carbocycles. The Morgan fingerprint density at radius 3 is 2.61 bits per heavy atom. The average Bonchev–Trinajstić information content (AvgIpc) is 3.58. The van der Waals surface area contributed by atoms with Crippen LogP contribution in [0.5, 0.6) is 0 Å². The molecule has 0 atom stereocenters. The normalized spacial score (nSPS) is 13.2. The van der Waals surface area contributed by atoms with E-state index >= 15 is 0 Å². The van der Waals surface area contributed by atoms with Crippen molar-refractivity contribution in [2.24, 2.45) is 0 Å². The minimum atomic E-state index is -0.276. The van der Waals surface area contributed by atoms with Gasteiger partial charge in [0.15, 0.2) is 0 Å². The third-order valence-corrected chi connectivity index (χ3v) is 6.00. The van der Waals surface area contributed by atoms with E-state index in [9.17, 15) is 14.4 Å². The molecule has 0 radical (unpaired) electrons. The van der Waals surface area contributed by atoms with Crippen molar-refractivity contribution in [1.82, 2.24) is 14.5 Å². The molecule has 8 heteroatoms. The van der Waals surface area contributed by atoms with Crippen LogP contribution >= 0.6 is 15.9 Å². The van der Waals surface area contributed by atoms with E-state index in [1.54, 1.807) is 23.7 Å². The van der Waals surface area contributed by atoms with Crippen LogP contribution in [0.25, 0.3) is 10.9 Å². The largest absolute Gasteiger partial charge is 0.336 e. The molecule has 3 aromatic rings. The van der Waals surface area contributed by atoms with Gasteiger partial charge in [0.25, 0.3) is 5.56 Å². The Morgan fingerprint density at radius 1 is 1.16 bits per heavy atom. The van der Waals surface area contributed by atoms with Crippen LogP contribution in [0.1, 0.15) is 31.1 Å². The second-order valence-corrected chi connectivity index (χ2v) is 8.58. The SMILES string of the molecule is CN(CC(=O)Nc1ccccc1Br)C(=O)CCc1nc2ccccc2c(=O)n1C1CC1. The molecule has 1 N–H and O–H groups in total. The molecule has 1 aliphatic rings. The number of nitrogens with zero attached hydrogens (tertiary/aromatic N) is 3. The number of nitrogens with one attached hydrogen (secondary N) is 1. The first kappa shape index (κ1) is 21.2. The van der Waals surface area contributed by atoms with Gasteiger partial charge in [-0.1, -0.05) is 24.3 Å². The van der Waals surface area contributed by atoms with Gasteiger partial charge in [0, 0.05) is 30.4 Å². The zero-order valence-electron chi connectivity index (χ0n) is 17.2. The Morgan fingerprint density at radius 2 is 1.87 bits per heavy atom. The lowest BCUT2D eigenvalue weighted by molar-refractivity contribution is -0.133. The van der Waals surface area contributed by atoms with E-state index in [4.69, 9.17) is 0 Å². The van der Waals surface area contributed by atoms with Gasteiger partial charge in [0.2, 0.25) is 11.8 Å². The van der Waals surface area contributed by atoms with Gasteiger partial charge in [-0.05, 0) is 53.0 Å². The summed E-state index contributed by atoms with van der Waals surface area (Å²) < 4.78 is 2.52. The molecule has 0 unspecified atom stereocenters. The van der Waals surface area contributed by atoms with Crippen LogP contribution in [-0.4, -0.2) is 39.9 Å². The number of anilines is 1. The summed E-state index contributed by atoms with van der Waals surface area (Å²) in [4.78, 5) is 43.9. The predicted octanol–water partition coefficient (Wildman–Crippen LogP) is 3.52. The van der Waals surface area contributed by atoms with E-state index < -0.39 is 0 Å². The fourth-order valence-corrected chi connectivity index (χ4v) is 3.93. The van der Waals surface area contributed by atoms with Crippen molar-refractivity contribution >= 4 is 44.3 Å². The quantitative estimate of drug-likeness (QED) is 0.558. The number of carbonyl (C=O) groups excluding carboxylic acids is 2. The number of para-hydroxylation sites is 2. The number of fused-ring (bicyclic) bond motifs is 1. The van der Waals surface area contributed by atoms with E-state index in [-0.39, 0.29) is 36.4 Å². The molecular weight excluding hydrogens is 460 g/mol. The Labute approximate surface area is 188 Å². The molecular formula is C23H23BrN4O3. The van der Waals surface area contributed by atoms with Crippen LogP contribution in [0.3, 0.4) is 0 Å². The third-order valence-electron chi connectivity index (χ3n) is 5.31. The van der Waals surface area contributed by atoms with Crippen LogP contribution in [-0.2, 0) is 16.0 Å². The molecule has 0 bridgehead atoms. The lowest BCUT2D eigenvalue weighted by atomic mass is 10.2. The first-order chi connectivity index (χ1) is 14.9. The molecule has 0 saturated heterocycles. The number of carbonyl (C=O) groups is 2. The molecule has 1 fully saturated rings. The molecule has 1 aromatic heterocycles. The Hall–Kier alpha value is -3.00. The second kappa shape index (κ2) is 9.01. The monoisotopic (exact) mass is 482 g/mol. The highest BCUT2D eigenvalue weighted by Gasteiger charge is 2.28. The summed E-state index contributed by atoms with van der Waals surface area (Å²) in [5.74, 6) is 0.180. The van der Waals surface area contributed by atoms with Crippen LogP contribution in [0.4, 0.5) is 5.69 Å². The van der Waals surface area contributed by atoms with Gasteiger partial charge in [0.05, 0.1) is 23.1 Å². The van der Waals surface area contributed by atoms with Gasteiger partial charge in [-0.3, -0.25) is 19.0 Å². The van der Waals surface area contributed by atoms with Gasteiger partial charge in [-0.15, -0.1) is 0 Å². The number of benzene rings is 2. The molecule has 1 saturated carbocycles. The van der Waals surface area contributed by atoms with Gasteiger partial charge < -0.3 is 10.2 Å². The van der Waals surface area contributed by atoms with Crippen molar-refractivity contribution in [3.05, 3.63) is 69.2 Å². The highest BCUT2D eigenvalue weighted by Crippen LogP contribution is 2.35. The summed E-state index contributed by atoms with van der Waals surface area (Å²) in [5, 5.41) is 3.39. The number of amides is 2. The van der Waals surface area contributed by atoms with Gasteiger partial charge in [0.1, 0.15) is 5.82 Å². The molecule has 1 heterocycles. The second-order valence-electron chi connectivity index (χ2n) is 7.73.